The van der Waals surface area contributed by atoms with Gasteiger partial charge in [-0.1, -0.05) is 0 Å². The molecule has 9 nitrogen and oxygen atoms in total. The minimum absolute atomic E-state index is 0.972. The lowest BCUT2D eigenvalue weighted by Crippen LogP contribution is -2.48. The van der Waals surface area contributed by atoms with Crippen LogP contribution in [-0.4, -0.2) is 29.9 Å². The molecule has 11 heteroatoms. The molecule has 0 radical (unpaired) electrons. The lowest BCUT2D eigenvalue weighted by Gasteiger charge is -2.34. The quantitative estimate of drug-likeness (QED) is 0.303. The van der Waals surface area contributed by atoms with E-state index in [2.05, 4.69) is 4.98 Å². The Morgan fingerprint density at radius 2 is 1.94 bits per heavy atom. The Balaban J connectivity index is 3.18. The average molecular weight is 272 g/mol. The fraction of sp³-hybridized carbons (Fsp3) is 0.400. The summed E-state index contributed by atoms with van der Waals surface area (Å²) in [5.41, 5.74) is 0. The molecular weight excluding hydrogens is 262 g/mol. The first-order valence-electron chi connectivity index (χ1n) is 3.92. The lowest BCUT2D eigenvalue weighted by atomic mass is 10.6. The van der Waals surface area contributed by atoms with Crippen LogP contribution in [0.3, 0.4) is 0 Å². The Morgan fingerprint density at radius 1 is 1.38 bits per heavy atom. The van der Waals surface area contributed by atoms with Gasteiger partial charge in [-0.15, -0.1) is 0 Å². The predicted octanol–water partition coefficient (Wildman–Crippen LogP) is -2.33. The van der Waals surface area contributed by atoms with E-state index in [1.54, 1.807) is 0 Å². The molecule has 92 valence electrons. The number of H-pyrrole nitrogens is 1. The van der Waals surface area contributed by atoms with Crippen LogP contribution >= 0.6 is 15.2 Å². The van der Waals surface area contributed by atoms with Crippen molar-refractivity contribution < 1.29 is 38.4 Å². The molecule has 0 amide bonds. The normalized spacial score (nSPS) is 20.1. The highest BCUT2D eigenvalue weighted by Gasteiger charge is 2.55. The number of hydrogen-bond donors (Lipinski definition) is 5. The number of aromatic amines is 1. The Hall–Kier alpha value is -0.530. The fourth-order valence-corrected chi connectivity index (χ4v) is 3.02. The average Bonchev–Trinajstić information content (AvgIpc) is 2.52. The summed E-state index contributed by atoms with van der Waals surface area (Å²) in [6.45, 7) is -0.988. The van der Waals surface area contributed by atoms with Crippen LogP contribution in [0.4, 0.5) is 0 Å². The first-order chi connectivity index (χ1) is 7.08. The number of aromatic nitrogens is 2. The van der Waals surface area contributed by atoms with Crippen molar-refractivity contribution in [2.24, 2.45) is 0 Å². The first-order valence-corrected chi connectivity index (χ1v) is 7.11. The molecular formula is C5H10N2O7P2. The van der Waals surface area contributed by atoms with Crippen molar-refractivity contribution in [2.45, 2.75) is 11.6 Å². The summed E-state index contributed by atoms with van der Waals surface area (Å²) in [4.78, 5) is 39.6. The van der Waals surface area contributed by atoms with Crippen molar-refractivity contribution in [1.82, 2.24) is 4.98 Å². The van der Waals surface area contributed by atoms with Crippen molar-refractivity contribution in [3.8, 4) is 0 Å². The zero-order chi connectivity index (χ0) is 12.6. The van der Waals surface area contributed by atoms with Gasteiger partial charge in [0.05, 0.1) is 0 Å². The molecule has 1 aromatic heterocycles. The van der Waals surface area contributed by atoms with Crippen LogP contribution in [0, 0.1) is 0 Å². The molecule has 5 N–H and O–H groups in total. The zero-order valence-electron chi connectivity index (χ0n) is 7.79. The molecule has 1 rings (SSSR count). The molecule has 2 atom stereocenters. The third-order valence-corrected chi connectivity index (χ3v) is 5.58. The topological polar surface area (TPSA) is 158 Å². The lowest BCUT2D eigenvalue weighted by molar-refractivity contribution is -0.702. The van der Waals surface area contributed by atoms with E-state index in [4.69, 9.17) is 14.7 Å². The van der Waals surface area contributed by atoms with Gasteiger partial charge < -0.3 is 29.2 Å². The first kappa shape index (κ1) is 13.5. The standard InChI is InChI=1S/C5H10N2O7P2/c8-5(15(9,10)11,16(12,13)14)3-7-2-1-6-4-7/h1-2,4,8H,3H2,(H4,9,10,11,12,13,14). The van der Waals surface area contributed by atoms with E-state index in [-0.39, 0.29) is 0 Å². The fourth-order valence-electron chi connectivity index (χ4n) is 1.01. The van der Waals surface area contributed by atoms with Gasteiger partial charge in [0.25, 0.3) is 5.08 Å². The molecule has 0 saturated heterocycles. The van der Waals surface area contributed by atoms with Gasteiger partial charge in [-0.05, 0) is 0 Å². The largest absolute Gasteiger partial charge is 0.776 e. The van der Waals surface area contributed by atoms with E-state index in [1.165, 1.54) is 12.4 Å². The van der Waals surface area contributed by atoms with E-state index in [1.807, 2.05) is 0 Å². The van der Waals surface area contributed by atoms with Gasteiger partial charge in [0.1, 0.15) is 18.9 Å². The smallest absolute Gasteiger partial charge is 0.369 e. The van der Waals surface area contributed by atoms with Crippen LogP contribution in [-0.2, 0) is 15.7 Å². The van der Waals surface area contributed by atoms with Gasteiger partial charge in [0.15, 0.2) is 7.60 Å². The second-order valence-corrected chi connectivity index (χ2v) is 7.08. The van der Waals surface area contributed by atoms with Gasteiger partial charge in [0, 0.05) is 0 Å². The molecule has 0 spiro atoms. The van der Waals surface area contributed by atoms with E-state index >= 15 is 0 Å². The summed E-state index contributed by atoms with van der Waals surface area (Å²) in [5, 5.41) is 5.90. The van der Waals surface area contributed by atoms with E-state index < -0.39 is 26.8 Å². The summed E-state index contributed by atoms with van der Waals surface area (Å²) in [6.07, 6.45) is 3.74. The highest BCUT2D eigenvalue weighted by Crippen LogP contribution is 2.65. The van der Waals surface area contributed by atoms with Crippen LogP contribution < -0.4 is 9.46 Å². The van der Waals surface area contributed by atoms with Crippen LogP contribution in [0.25, 0.3) is 0 Å². The van der Waals surface area contributed by atoms with E-state index in [9.17, 15) is 19.1 Å². The molecule has 0 aliphatic carbocycles. The monoisotopic (exact) mass is 272 g/mol. The van der Waals surface area contributed by atoms with Crippen LogP contribution in [0.5, 0.6) is 0 Å². The maximum absolute atomic E-state index is 10.9. The number of imidazole rings is 1. The van der Waals surface area contributed by atoms with Gasteiger partial charge >= 0.3 is 7.60 Å². The third kappa shape index (κ3) is 2.41. The van der Waals surface area contributed by atoms with E-state index in [0.717, 1.165) is 10.9 Å². The SMILES string of the molecule is O=P([O-])(O)C(O)(C[n+]1cc[nH]c1)P(=O)(O)O. The number of nitrogens with one attached hydrogen (secondary N) is 1. The highest BCUT2D eigenvalue weighted by atomic mass is 31.2. The third-order valence-electron chi connectivity index (χ3n) is 1.92. The number of nitrogens with zero attached hydrogens (tertiary/aromatic N) is 1. The molecule has 0 saturated carbocycles. The van der Waals surface area contributed by atoms with Crippen LogP contribution in [0.1, 0.15) is 0 Å². The minimum Gasteiger partial charge on any atom is -0.776 e. The van der Waals surface area contributed by atoms with Crippen molar-refractivity contribution in [2.75, 3.05) is 0 Å². The molecule has 0 aliphatic rings. The Bertz CT molecular complexity index is 423. The van der Waals surface area contributed by atoms with Crippen molar-refractivity contribution in [3.63, 3.8) is 0 Å². The number of aliphatic hydroxyl groups is 1. The van der Waals surface area contributed by atoms with Gasteiger partial charge in [0.2, 0.25) is 6.33 Å². The predicted molar refractivity (Wildman–Crippen MR) is 47.8 cm³/mol. The molecule has 0 aliphatic heterocycles. The highest BCUT2D eigenvalue weighted by molar-refractivity contribution is 7.71. The molecule has 0 bridgehead atoms. The molecule has 0 fully saturated rings. The summed E-state index contributed by atoms with van der Waals surface area (Å²) in [6, 6.07) is 0. The maximum atomic E-state index is 10.9. The Kier molecular flexibility index (Phi) is 3.42. The molecule has 2 unspecified atom stereocenters. The van der Waals surface area contributed by atoms with Crippen molar-refractivity contribution in [3.05, 3.63) is 18.7 Å². The molecule has 1 aromatic rings. The summed E-state index contributed by atoms with van der Waals surface area (Å²) in [7, 11) is -11.1. The zero-order valence-corrected chi connectivity index (χ0v) is 9.58. The Morgan fingerprint density at radius 3 is 2.25 bits per heavy atom. The number of hydrogen-bond acceptors (Lipinski definition) is 4. The minimum atomic E-state index is -5.64. The van der Waals surface area contributed by atoms with Crippen molar-refractivity contribution >= 4 is 15.2 Å². The second-order valence-electron chi connectivity index (χ2n) is 3.12. The Labute approximate surface area is 89.7 Å². The maximum Gasteiger partial charge on any atom is 0.369 e. The van der Waals surface area contributed by atoms with Crippen molar-refractivity contribution in [1.29, 1.82) is 0 Å². The van der Waals surface area contributed by atoms with Gasteiger partial charge in [-0.3, -0.25) is 9.55 Å². The molecule has 16 heavy (non-hydrogen) atoms. The summed E-state index contributed by atoms with van der Waals surface area (Å²) in [5.74, 6) is 0. The second kappa shape index (κ2) is 4.05. The van der Waals surface area contributed by atoms with E-state index in [0.29, 0.717) is 0 Å². The van der Waals surface area contributed by atoms with Crippen LogP contribution in [0.2, 0.25) is 0 Å². The summed E-state index contributed by atoms with van der Waals surface area (Å²) >= 11 is 0. The van der Waals surface area contributed by atoms with Gasteiger partial charge in [-0.2, -0.15) is 0 Å². The summed E-state index contributed by atoms with van der Waals surface area (Å²) < 4.78 is 22.7. The molecule has 0 aromatic carbocycles. The van der Waals surface area contributed by atoms with Gasteiger partial charge in [-0.25, -0.2) is 4.57 Å². The van der Waals surface area contributed by atoms with Crippen LogP contribution in [0.15, 0.2) is 18.7 Å². The number of rotatable bonds is 4. The molecule has 1 heterocycles.